The van der Waals surface area contributed by atoms with Gasteiger partial charge in [0.15, 0.2) is 0 Å². The van der Waals surface area contributed by atoms with E-state index >= 15 is 0 Å². The minimum atomic E-state index is -0.862. The van der Waals surface area contributed by atoms with Gasteiger partial charge in [-0.1, -0.05) is 78.9 Å². The third-order valence-corrected chi connectivity index (χ3v) is 11.4. The topological polar surface area (TPSA) is 156 Å². The molecule has 12 heteroatoms. The number of likely N-dealkylation sites (tertiary alicyclic amines) is 1. The van der Waals surface area contributed by atoms with Crippen molar-refractivity contribution in [1.82, 2.24) is 20.1 Å². The standard InChI is InChI=1S/C46H53N5O7/c1-50(22-21-47-27-42(53)38-15-17-41(52)45-39(38)16-18-43(54)49-45)44(55)20-24-57-23-19-31-11-13-32(14-12-31)28-51-29-34-25-36(26-35(34)30-51)58-46(56)48-40-10-6-5-9-37(40)33-7-3-2-4-8-33/h2-18,34-36,42,47,52-53H,19-30H2,1H3,(H,48,56)(H,49,54)/t34-,35+,36?,42?. The first-order chi connectivity index (χ1) is 28.2. The Balaban J connectivity index is 0.743. The molecule has 4 aromatic carbocycles. The predicted octanol–water partition coefficient (Wildman–Crippen LogP) is 6.09. The number of hydrogen-bond acceptors (Lipinski definition) is 9. The normalized spacial score (nSPS) is 18.2. The van der Waals surface area contributed by atoms with Gasteiger partial charge in [0.1, 0.15) is 11.9 Å². The van der Waals surface area contributed by atoms with Crippen LogP contribution in [0.15, 0.2) is 108 Å². The summed E-state index contributed by atoms with van der Waals surface area (Å²) in [5.41, 5.74) is 5.78. The van der Waals surface area contributed by atoms with E-state index in [9.17, 15) is 24.6 Å². The minimum Gasteiger partial charge on any atom is -0.506 e. The number of para-hydroxylation sites is 1. The van der Waals surface area contributed by atoms with Gasteiger partial charge in [-0.2, -0.15) is 0 Å². The molecule has 1 aromatic heterocycles. The Morgan fingerprint density at radius 1 is 0.897 bits per heavy atom. The van der Waals surface area contributed by atoms with E-state index in [-0.39, 0.29) is 36.3 Å². The lowest BCUT2D eigenvalue weighted by Gasteiger charge is -2.20. The maximum atomic E-state index is 12.9. The number of fused-ring (bicyclic) bond motifs is 2. The van der Waals surface area contributed by atoms with E-state index in [1.54, 1.807) is 24.1 Å². The average Bonchev–Trinajstić information content (AvgIpc) is 3.78. The van der Waals surface area contributed by atoms with Gasteiger partial charge in [-0.15, -0.1) is 0 Å². The van der Waals surface area contributed by atoms with E-state index in [4.69, 9.17) is 9.47 Å². The third kappa shape index (κ3) is 10.5. The number of aromatic amines is 1. The molecule has 1 saturated heterocycles. The Bertz CT molecular complexity index is 2200. The smallest absolute Gasteiger partial charge is 0.411 e. The Morgan fingerprint density at radius 3 is 2.40 bits per heavy atom. The lowest BCUT2D eigenvalue weighted by molar-refractivity contribution is -0.131. The summed E-state index contributed by atoms with van der Waals surface area (Å²) in [5.74, 6) is 0.992. The number of phenolic OH excluding ortho intramolecular Hbond substituents is 1. The highest BCUT2D eigenvalue weighted by molar-refractivity contribution is 5.91. The number of aliphatic hydroxyl groups excluding tert-OH is 1. The fraction of sp³-hybridized carbons (Fsp3) is 0.370. The van der Waals surface area contributed by atoms with Crippen LogP contribution in [0.4, 0.5) is 10.5 Å². The number of nitrogens with one attached hydrogen (secondary N) is 3. The number of anilines is 1. The highest BCUT2D eigenvalue weighted by Crippen LogP contribution is 2.40. The Hall–Kier alpha value is -5.53. The summed E-state index contributed by atoms with van der Waals surface area (Å²) in [6.45, 7) is 5.01. The fourth-order valence-electron chi connectivity index (χ4n) is 8.30. The molecule has 304 valence electrons. The molecule has 0 bridgehead atoms. The van der Waals surface area contributed by atoms with E-state index in [0.29, 0.717) is 54.6 Å². The highest BCUT2D eigenvalue weighted by atomic mass is 16.6. The monoisotopic (exact) mass is 787 g/mol. The van der Waals surface area contributed by atoms with Crippen LogP contribution < -0.4 is 16.2 Å². The zero-order chi connectivity index (χ0) is 40.4. The second-order valence-corrected chi connectivity index (χ2v) is 15.5. The Labute approximate surface area is 338 Å². The molecule has 5 aromatic rings. The van der Waals surface area contributed by atoms with Gasteiger partial charge in [0.05, 0.1) is 36.9 Å². The molecule has 7 rings (SSSR count). The van der Waals surface area contributed by atoms with Crippen LogP contribution >= 0.6 is 0 Å². The molecule has 5 N–H and O–H groups in total. The van der Waals surface area contributed by atoms with Crippen molar-refractivity contribution in [2.75, 3.05) is 58.3 Å². The fourth-order valence-corrected chi connectivity index (χ4v) is 8.30. The van der Waals surface area contributed by atoms with Crippen molar-refractivity contribution < 1.29 is 29.3 Å². The molecule has 1 aliphatic carbocycles. The average molecular weight is 788 g/mol. The molecule has 2 fully saturated rings. The van der Waals surface area contributed by atoms with Crippen LogP contribution in [0.1, 0.15) is 42.1 Å². The van der Waals surface area contributed by atoms with Crippen LogP contribution in [0, 0.1) is 11.8 Å². The second kappa shape index (κ2) is 19.3. The summed E-state index contributed by atoms with van der Waals surface area (Å²) in [6, 6.07) is 32.5. The first kappa shape index (κ1) is 40.7. The number of hydrogen-bond donors (Lipinski definition) is 5. The summed E-state index contributed by atoms with van der Waals surface area (Å²) < 4.78 is 11.7. The molecular weight excluding hydrogens is 735 g/mol. The quantitative estimate of drug-likeness (QED) is 0.0705. The van der Waals surface area contributed by atoms with Gasteiger partial charge < -0.3 is 34.9 Å². The zero-order valence-corrected chi connectivity index (χ0v) is 32.9. The SMILES string of the molecule is CN(CCNCC(O)c1ccc(O)c2[nH]c(=O)ccc12)C(=O)CCOCCc1ccc(CN2C[C@H]3CC(OC(=O)Nc4ccccc4-c4ccccc4)C[C@H]3C2)cc1. The first-order valence-electron chi connectivity index (χ1n) is 20.2. The molecule has 1 aliphatic heterocycles. The van der Waals surface area contributed by atoms with Crippen LogP contribution in [0.25, 0.3) is 22.0 Å². The van der Waals surface area contributed by atoms with E-state index in [1.807, 2.05) is 54.6 Å². The van der Waals surface area contributed by atoms with Gasteiger partial charge in [-0.25, -0.2) is 4.79 Å². The van der Waals surface area contributed by atoms with Crippen molar-refractivity contribution in [2.24, 2.45) is 11.8 Å². The van der Waals surface area contributed by atoms with Crippen molar-refractivity contribution in [1.29, 1.82) is 0 Å². The van der Waals surface area contributed by atoms with Crippen LogP contribution in [-0.4, -0.2) is 96.1 Å². The van der Waals surface area contributed by atoms with Crippen molar-refractivity contribution in [3.63, 3.8) is 0 Å². The summed E-state index contributed by atoms with van der Waals surface area (Å²) in [5, 5.41) is 27.6. The molecule has 2 heterocycles. The van der Waals surface area contributed by atoms with Crippen LogP contribution in [0.2, 0.25) is 0 Å². The summed E-state index contributed by atoms with van der Waals surface area (Å²) in [7, 11) is 1.75. The maximum absolute atomic E-state index is 12.9. The Morgan fingerprint density at radius 2 is 1.62 bits per heavy atom. The number of amides is 2. The number of aromatic nitrogens is 1. The van der Waals surface area contributed by atoms with Crippen molar-refractivity contribution in [3.05, 3.63) is 130 Å². The third-order valence-electron chi connectivity index (χ3n) is 11.4. The molecule has 2 aliphatic rings. The number of aliphatic hydroxyl groups is 1. The number of ether oxygens (including phenoxy) is 2. The predicted molar refractivity (Wildman–Crippen MR) is 225 cm³/mol. The lowest BCUT2D eigenvalue weighted by Crippen LogP contribution is -2.35. The van der Waals surface area contributed by atoms with E-state index in [2.05, 4.69) is 44.8 Å². The van der Waals surface area contributed by atoms with Gasteiger partial charge in [-0.05, 0) is 71.6 Å². The lowest BCUT2D eigenvalue weighted by atomic mass is 10.0. The number of phenols is 1. The highest BCUT2D eigenvalue weighted by Gasteiger charge is 2.42. The van der Waals surface area contributed by atoms with Crippen LogP contribution in [0.5, 0.6) is 5.75 Å². The number of pyridine rings is 1. The first-order valence-corrected chi connectivity index (χ1v) is 20.2. The molecule has 12 nitrogen and oxygen atoms in total. The molecule has 0 radical (unpaired) electrons. The van der Waals surface area contributed by atoms with E-state index < -0.39 is 12.2 Å². The van der Waals surface area contributed by atoms with Gasteiger partial charge >= 0.3 is 6.09 Å². The molecule has 0 spiro atoms. The van der Waals surface area contributed by atoms with Crippen LogP contribution in [-0.2, 0) is 27.2 Å². The second-order valence-electron chi connectivity index (χ2n) is 15.5. The van der Waals surface area contributed by atoms with Crippen molar-refractivity contribution >= 4 is 28.6 Å². The molecule has 58 heavy (non-hydrogen) atoms. The zero-order valence-electron chi connectivity index (χ0n) is 32.9. The number of aromatic hydroxyl groups is 1. The number of carbonyl (C=O) groups is 2. The summed E-state index contributed by atoms with van der Waals surface area (Å²) >= 11 is 0. The number of benzene rings is 4. The van der Waals surface area contributed by atoms with Gasteiger partial charge in [-0.3, -0.25) is 19.8 Å². The van der Waals surface area contributed by atoms with Crippen LogP contribution in [0.3, 0.4) is 0 Å². The number of H-pyrrole nitrogens is 1. The van der Waals surface area contributed by atoms with Crippen molar-refractivity contribution in [3.8, 4) is 16.9 Å². The van der Waals surface area contributed by atoms with E-state index in [1.165, 1.54) is 23.3 Å². The largest absolute Gasteiger partial charge is 0.506 e. The van der Waals surface area contributed by atoms with Crippen molar-refractivity contribution in [2.45, 2.75) is 44.4 Å². The Kier molecular flexibility index (Phi) is 13.5. The molecule has 1 saturated carbocycles. The number of nitrogens with zero attached hydrogens (tertiary/aromatic N) is 2. The van der Waals surface area contributed by atoms with Gasteiger partial charge in [0.2, 0.25) is 11.5 Å². The minimum absolute atomic E-state index is 0.0135. The van der Waals surface area contributed by atoms with Gasteiger partial charge in [0.25, 0.3) is 0 Å². The number of likely N-dealkylation sites (N-methyl/N-ethyl adjacent to an activating group) is 1. The molecular formula is C46H53N5O7. The molecule has 4 atom stereocenters. The molecule has 2 amide bonds. The van der Waals surface area contributed by atoms with Gasteiger partial charge in [0, 0.05) is 63.3 Å². The summed E-state index contributed by atoms with van der Waals surface area (Å²) in [6.07, 6.45) is 1.53. The maximum Gasteiger partial charge on any atom is 0.411 e. The summed E-state index contributed by atoms with van der Waals surface area (Å²) in [4.78, 5) is 44.0. The number of carbonyl (C=O) groups excluding carboxylic acids is 2. The number of rotatable bonds is 17. The molecule has 2 unspecified atom stereocenters. The van der Waals surface area contributed by atoms with E-state index in [0.717, 1.165) is 55.7 Å².